The first-order valence-corrected chi connectivity index (χ1v) is 7.83. The Morgan fingerprint density at radius 1 is 1.38 bits per heavy atom. The Morgan fingerprint density at radius 3 is 2.90 bits per heavy atom. The van der Waals surface area contributed by atoms with Crippen LogP contribution in [0.15, 0.2) is 18.5 Å². The van der Waals surface area contributed by atoms with Crippen molar-refractivity contribution in [3.8, 4) is 0 Å². The predicted molar refractivity (Wildman–Crippen MR) is 86.0 cm³/mol. The molecule has 2 aromatic rings. The van der Waals surface area contributed by atoms with Crippen LogP contribution in [0, 0.1) is 0 Å². The van der Waals surface area contributed by atoms with E-state index in [1.807, 2.05) is 16.9 Å². The van der Waals surface area contributed by atoms with Crippen LogP contribution in [0.2, 0.25) is 0 Å². The molecule has 0 radical (unpaired) electrons. The fourth-order valence-electron chi connectivity index (χ4n) is 2.90. The number of piperazine rings is 1. The van der Waals surface area contributed by atoms with Crippen molar-refractivity contribution < 1.29 is 0 Å². The molecule has 1 saturated heterocycles. The second kappa shape index (κ2) is 5.30. The number of aromatic nitrogens is 3. The Bertz CT molecular complexity index is 625. The zero-order valence-corrected chi connectivity index (χ0v) is 13.4. The van der Waals surface area contributed by atoms with Gasteiger partial charge in [-0.25, -0.2) is 9.50 Å². The molecule has 0 aliphatic carbocycles. The Balaban J connectivity index is 2.07. The third-order valence-electron chi connectivity index (χ3n) is 4.23. The highest BCUT2D eigenvalue weighted by Gasteiger charge is 2.25. The van der Waals surface area contributed by atoms with E-state index >= 15 is 0 Å². The summed E-state index contributed by atoms with van der Waals surface area (Å²) in [5.41, 5.74) is 2.28. The van der Waals surface area contributed by atoms with E-state index in [0.29, 0.717) is 6.04 Å². The Kier molecular flexibility index (Phi) is 3.61. The summed E-state index contributed by atoms with van der Waals surface area (Å²) in [5, 5.41) is 8.20. The molecular formula is C16H25N5. The average molecular weight is 287 g/mol. The van der Waals surface area contributed by atoms with Crippen molar-refractivity contribution in [2.24, 2.45) is 0 Å². The fourth-order valence-corrected chi connectivity index (χ4v) is 2.90. The first-order valence-electron chi connectivity index (χ1n) is 7.83. The summed E-state index contributed by atoms with van der Waals surface area (Å²) in [6, 6.07) is 2.70. The number of nitrogens with zero attached hydrogens (tertiary/aromatic N) is 4. The third-order valence-corrected chi connectivity index (χ3v) is 4.23. The van der Waals surface area contributed by atoms with Crippen LogP contribution < -0.4 is 10.2 Å². The quantitative estimate of drug-likeness (QED) is 0.920. The molecule has 3 heterocycles. The van der Waals surface area contributed by atoms with Crippen molar-refractivity contribution in [3.63, 3.8) is 0 Å². The van der Waals surface area contributed by atoms with Gasteiger partial charge in [-0.3, -0.25) is 0 Å². The van der Waals surface area contributed by atoms with E-state index < -0.39 is 0 Å². The van der Waals surface area contributed by atoms with Crippen molar-refractivity contribution in [3.05, 3.63) is 24.2 Å². The normalized spacial score (nSPS) is 20.2. The van der Waals surface area contributed by atoms with Gasteiger partial charge in [0.1, 0.15) is 5.52 Å². The smallest absolute Gasteiger partial charge is 0.155 e. The molecular weight excluding hydrogens is 262 g/mol. The molecule has 1 unspecified atom stereocenters. The van der Waals surface area contributed by atoms with E-state index in [4.69, 9.17) is 5.10 Å². The highest BCUT2D eigenvalue weighted by molar-refractivity contribution is 5.70. The predicted octanol–water partition coefficient (Wildman–Crippen LogP) is 2.21. The van der Waals surface area contributed by atoms with Gasteiger partial charge in [-0.15, -0.1) is 0 Å². The molecule has 1 atom stereocenters. The molecule has 0 aromatic carbocycles. The first kappa shape index (κ1) is 14.3. The van der Waals surface area contributed by atoms with E-state index in [1.165, 1.54) is 0 Å². The van der Waals surface area contributed by atoms with Crippen LogP contribution in [-0.2, 0) is 5.41 Å². The van der Waals surface area contributed by atoms with Gasteiger partial charge in [-0.1, -0.05) is 27.7 Å². The van der Waals surface area contributed by atoms with Crippen LogP contribution in [-0.4, -0.2) is 40.3 Å². The van der Waals surface area contributed by atoms with Gasteiger partial charge in [0.05, 0.1) is 5.69 Å². The van der Waals surface area contributed by atoms with E-state index in [1.54, 1.807) is 0 Å². The summed E-state index contributed by atoms with van der Waals surface area (Å²) >= 11 is 0. The Hall–Kier alpha value is -1.62. The summed E-state index contributed by atoms with van der Waals surface area (Å²) in [4.78, 5) is 7.09. The maximum absolute atomic E-state index is 4.72. The van der Waals surface area contributed by atoms with Crippen LogP contribution in [0.5, 0.6) is 0 Å². The van der Waals surface area contributed by atoms with Crippen LogP contribution in [0.3, 0.4) is 0 Å². The first-order chi connectivity index (χ1) is 10.0. The molecule has 1 aliphatic heterocycles. The number of hydrogen-bond acceptors (Lipinski definition) is 4. The maximum Gasteiger partial charge on any atom is 0.155 e. The van der Waals surface area contributed by atoms with Gasteiger partial charge < -0.3 is 10.2 Å². The highest BCUT2D eigenvalue weighted by atomic mass is 15.3. The molecule has 21 heavy (non-hydrogen) atoms. The molecule has 1 aliphatic rings. The molecule has 0 saturated carbocycles. The van der Waals surface area contributed by atoms with Gasteiger partial charge in [-0.05, 0) is 12.5 Å². The fraction of sp³-hybridized carbons (Fsp3) is 0.625. The number of hydrogen-bond donors (Lipinski definition) is 1. The zero-order valence-electron chi connectivity index (χ0n) is 13.4. The second-order valence-corrected chi connectivity index (χ2v) is 6.82. The molecule has 114 valence electrons. The Morgan fingerprint density at radius 2 is 2.19 bits per heavy atom. The number of nitrogens with one attached hydrogen (secondary N) is 1. The average Bonchev–Trinajstić information content (AvgIpc) is 2.91. The van der Waals surface area contributed by atoms with Gasteiger partial charge in [-0.2, -0.15) is 5.10 Å². The van der Waals surface area contributed by atoms with E-state index in [2.05, 4.69) is 49.0 Å². The lowest BCUT2D eigenvalue weighted by molar-refractivity contribution is 0.463. The summed E-state index contributed by atoms with van der Waals surface area (Å²) in [6.45, 7) is 11.9. The minimum Gasteiger partial charge on any atom is -0.349 e. The summed E-state index contributed by atoms with van der Waals surface area (Å²) in [7, 11) is 0. The molecule has 2 aromatic heterocycles. The lowest BCUT2D eigenvalue weighted by Gasteiger charge is -2.36. The molecule has 1 N–H and O–H groups in total. The van der Waals surface area contributed by atoms with Crippen LogP contribution in [0.1, 0.15) is 39.8 Å². The third kappa shape index (κ3) is 2.62. The SMILES string of the molecule is CCC1CNCCN1c1nccn2nc(C(C)(C)C)cc12. The highest BCUT2D eigenvalue weighted by Crippen LogP contribution is 2.27. The van der Waals surface area contributed by atoms with Crippen LogP contribution in [0.25, 0.3) is 5.52 Å². The zero-order chi connectivity index (χ0) is 15.0. The van der Waals surface area contributed by atoms with Crippen molar-refractivity contribution in [1.29, 1.82) is 0 Å². The molecule has 0 amide bonds. The second-order valence-electron chi connectivity index (χ2n) is 6.82. The molecule has 0 bridgehead atoms. The van der Waals surface area contributed by atoms with Crippen LogP contribution in [0.4, 0.5) is 5.82 Å². The molecule has 5 nitrogen and oxygen atoms in total. The number of rotatable bonds is 2. The largest absolute Gasteiger partial charge is 0.349 e. The van der Waals surface area contributed by atoms with Crippen molar-refractivity contribution in [2.75, 3.05) is 24.5 Å². The summed E-state index contributed by atoms with van der Waals surface area (Å²) in [5.74, 6) is 1.06. The number of fused-ring (bicyclic) bond motifs is 1. The maximum atomic E-state index is 4.72. The van der Waals surface area contributed by atoms with Crippen molar-refractivity contribution >= 4 is 11.3 Å². The minimum atomic E-state index is 0.0525. The lowest BCUT2D eigenvalue weighted by atomic mass is 9.92. The van der Waals surface area contributed by atoms with Crippen molar-refractivity contribution in [2.45, 2.75) is 45.6 Å². The molecule has 1 fully saturated rings. The van der Waals surface area contributed by atoms with Crippen LogP contribution >= 0.6 is 0 Å². The number of anilines is 1. The van der Waals surface area contributed by atoms with Gasteiger partial charge in [0.15, 0.2) is 5.82 Å². The van der Waals surface area contributed by atoms with E-state index in [-0.39, 0.29) is 5.41 Å². The molecule has 5 heteroatoms. The summed E-state index contributed by atoms with van der Waals surface area (Å²) in [6.07, 6.45) is 4.92. The van der Waals surface area contributed by atoms with Gasteiger partial charge in [0.25, 0.3) is 0 Å². The van der Waals surface area contributed by atoms with Gasteiger partial charge >= 0.3 is 0 Å². The molecule has 3 rings (SSSR count). The topological polar surface area (TPSA) is 45.5 Å². The van der Waals surface area contributed by atoms with Gasteiger partial charge in [0, 0.05) is 43.5 Å². The standard InChI is InChI=1S/C16H25N5/c1-5-12-11-17-6-8-20(12)15-13-10-14(16(2,3)4)19-21(13)9-7-18-15/h7,9-10,12,17H,5-6,8,11H2,1-4H3. The monoisotopic (exact) mass is 287 g/mol. The minimum absolute atomic E-state index is 0.0525. The van der Waals surface area contributed by atoms with E-state index in [9.17, 15) is 0 Å². The molecule has 0 spiro atoms. The lowest BCUT2D eigenvalue weighted by Crippen LogP contribution is -2.51. The summed E-state index contributed by atoms with van der Waals surface area (Å²) < 4.78 is 1.97. The van der Waals surface area contributed by atoms with Gasteiger partial charge in [0.2, 0.25) is 0 Å². The van der Waals surface area contributed by atoms with Crippen molar-refractivity contribution in [1.82, 2.24) is 19.9 Å². The Labute approximate surface area is 126 Å². The van der Waals surface area contributed by atoms with E-state index in [0.717, 1.165) is 43.1 Å².